The third-order valence-corrected chi connectivity index (χ3v) is 2.85. The highest BCUT2D eigenvalue weighted by atomic mass is 32.1. The maximum atomic E-state index is 5.79. The van der Waals surface area contributed by atoms with E-state index in [9.17, 15) is 0 Å². The standard InChI is InChI=1S/C12H15N5S/c1-6-5-7(2)14-12(10(6)11(13)18)17-9(4)15-8(3)16-17/h5H,1-4H3,(H2,13,18). The van der Waals surface area contributed by atoms with E-state index in [-0.39, 0.29) is 0 Å². The van der Waals surface area contributed by atoms with Gasteiger partial charge in [0.15, 0.2) is 5.82 Å². The second-order valence-corrected chi connectivity index (χ2v) is 4.70. The van der Waals surface area contributed by atoms with Crippen LogP contribution in [0.3, 0.4) is 0 Å². The van der Waals surface area contributed by atoms with Gasteiger partial charge in [0.05, 0.1) is 5.56 Å². The van der Waals surface area contributed by atoms with Crippen molar-refractivity contribution in [1.82, 2.24) is 19.7 Å². The fourth-order valence-corrected chi connectivity index (χ4v) is 2.25. The summed E-state index contributed by atoms with van der Waals surface area (Å²) >= 11 is 5.11. The zero-order valence-corrected chi connectivity index (χ0v) is 11.7. The third-order valence-electron chi connectivity index (χ3n) is 2.65. The Morgan fingerprint density at radius 3 is 2.39 bits per heavy atom. The summed E-state index contributed by atoms with van der Waals surface area (Å²) in [7, 11) is 0. The minimum absolute atomic E-state index is 0.322. The molecule has 0 aliphatic carbocycles. The van der Waals surface area contributed by atoms with E-state index in [1.807, 2.05) is 33.8 Å². The van der Waals surface area contributed by atoms with Gasteiger partial charge in [-0.05, 0) is 39.3 Å². The lowest BCUT2D eigenvalue weighted by Crippen LogP contribution is -2.18. The Balaban J connectivity index is 2.77. The molecule has 0 bridgehead atoms. The molecule has 2 aromatic rings. The zero-order valence-electron chi connectivity index (χ0n) is 10.9. The number of rotatable bonds is 2. The average Bonchev–Trinajstić information content (AvgIpc) is 2.55. The summed E-state index contributed by atoms with van der Waals surface area (Å²) in [5, 5.41) is 4.33. The first kappa shape index (κ1) is 12.6. The van der Waals surface area contributed by atoms with Gasteiger partial charge in [-0.3, -0.25) is 0 Å². The van der Waals surface area contributed by atoms with Crippen LogP contribution in [0.25, 0.3) is 5.82 Å². The second-order valence-electron chi connectivity index (χ2n) is 4.26. The van der Waals surface area contributed by atoms with E-state index in [0.29, 0.717) is 16.6 Å². The SMILES string of the molecule is Cc1cc(C)c(C(N)=S)c(-n2nc(C)nc2C)n1. The van der Waals surface area contributed by atoms with Crippen LogP contribution in [0.4, 0.5) is 0 Å². The number of hydrogen-bond acceptors (Lipinski definition) is 4. The van der Waals surface area contributed by atoms with Gasteiger partial charge in [-0.25, -0.2) is 9.97 Å². The van der Waals surface area contributed by atoms with E-state index >= 15 is 0 Å². The van der Waals surface area contributed by atoms with Gasteiger partial charge in [0.25, 0.3) is 0 Å². The lowest BCUT2D eigenvalue weighted by molar-refractivity contribution is 0.795. The highest BCUT2D eigenvalue weighted by Gasteiger charge is 2.16. The molecule has 0 aliphatic heterocycles. The van der Waals surface area contributed by atoms with Gasteiger partial charge in [-0.15, -0.1) is 5.10 Å². The molecule has 2 rings (SSSR count). The van der Waals surface area contributed by atoms with Crippen molar-refractivity contribution < 1.29 is 0 Å². The van der Waals surface area contributed by atoms with E-state index in [2.05, 4.69) is 15.1 Å². The molecule has 2 N–H and O–H groups in total. The van der Waals surface area contributed by atoms with E-state index in [4.69, 9.17) is 18.0 Å². The fraction of sp³-hybridized carbons (Fsp3) is 0.333. The van der Waals surface area contributed by atoms with Crippen LogP contribution in [0.1, 0.15) is 28.5 Å². The predicted octanol–water partition coefficient (Wildman–Crippen LogP) is 1.53. The van der Waals surface area contributed by atoms with Crippen molar-refractivity contribution in [1.29, 1.82) is 0 Å². The Morgan fingerprint density at radius 1 is 1.22 bits per heavy atom. The molecule has 0 unspecified atom stereocenters. The minimum Gasteiger partial charge on any atom is -0.389 e. The largest absolute Gasteiger partial charge is 0.389 e. The van der Waals surface area contributed by atoms with E-state index in [1.165, 1.54) is 0 Å². The molecule has 0 spiro atoms. The molecule has 0 aromatic carbocycles. The van der Waals surface area contributed by atoms with Crippen molar-refractivity contribution in [3.63, 3.8) is 0 Å². The summed E-state index contributed by atoms with van der Waals surface area (Å²) in [6, 6.07) is 1.96. The molecule has 0 amide bonds. The van der Waals surface area contributed by atoms with Crippen LogP contribution in [0.5, 0.6) is 0 Å². The molecule has 0 saturated carbocycles. The zero-order chi connectivity index (χ0) is 13.4. The molecule has 0 atom stereocenters. The number of thiocarbonyl (C=S) groups is 1. The number of pyridine rings is 1. The molecular weight excluding hydrogens is 246 g/mol. The van der Waals surface area contributed by atoms with Crippen LogP contribution < -0.4 is 5.73 Å². The van der Waals surface area contributed by atoms with Gasteiger partial charge in [-0.1, -0.05) is 12.2 Å². The number of hydrogen-bond donors (Lipinski definition) is 1. The summed E-state index contributed by atoms with van der Waals surface area (Å²) in [5.41, 5.74) is 8.44. The first-order valence-corrected chi connectivity index (χ1v) is 5.99. The first-order chi connectivity index (χ1) is 8.40. The maximum absolute atomic E-state index is 5.79. The molecule has 6 heteroatoms. The summed E-state index contributed by atoms with van der Waals surface area (Å²) in [4.78, 5) is 9.09. The smallest absolute Gasteiger partial charge is 0.166 e. The van der Waals surface area contributed by atoms with Crippen molar-refractivity contribution in [2.24, 2.45) is 5.73 Å². The molecule has 0 saturated heterocycles. The average molecular weight is 261 g/mol. The van der Waals surface area contributed by atoms with Crippen molar-refractivity contribution in [2.75, 3.05) is 0 Å². The monoisotopic (exact) mass is 261 g/mol. The van der Waals surface area contributed by atoms with Crippen molar-refractivity contribution in [3.8, 4) is 5.82 Å². The lowest BCUT2D eigenvalue weighted by Gasteiger charge is -2.12. The second kappa shape index (κ2) is 4.45. The van der Waals surface area contributed by atoms with Crippen LogP contribution in [0.15, 0.2) is 6.07 Å². The highest BCUT2D eigenvalue weighted by Crippen LogP contribution is 2.18. The van der Waals surface area contributed by atoms with Crippen LogP contribution in [0, 0.1) is 27.7 Å². The molecular formula is C12H15N5S. The fourth-order valence-electron chi connectivity index (χ4n) is 2.00. The molecule has 0 radical (unpaired) electrons. The van der Waals surface area contributed by atoms with Gasteiger partial charge >= 0.3 is 0 Å². The van der Waals surface area contributed by atoms with Gasteiger partial charge in [0, 0.05) is 5.69 Å². The van der Waals surface area contributed by atoms with Gasteiger partial charge in [0.2, 0.25) is 0 Å². The predicted molar refractivity (Wildman–Crippen MR) is 74.0 cm³/mol. The Kier molecular flexibility index (Phi) is 3.13. The highest BCUT2D eigenvalue weighted by molar-refractivity contribution is 7.80. The quantitative estimate of drug-likeness (QED) is 0.830. The number of aryl methyl sites for hydroxylation is 4. The molecule has 2 heterocycles. The van der Waals surface area contributed by atoms with Gasteiger partial charge in [-0.2, -0.15) is 4.68 Å². The number of nitrogens with two attached hydrogens (primary N) is 1. The molecule has 5 nitrogen and oxygen atoms in total. The summed E-state index contributed by atoms with van der Waals surface area (Å²) in [6.45, 7) is 7.61. The van der Waals surface area contributed by atoms with Crippen LogP contribution in [-0.4, -0.2) is 24.7 Å². The van der Waals surface area contributed by atoms with E-state index in [1.54, 1.807) is 4.68 Å². The molecule has 18 heavy (non-hydrogen) atoms. The Bertz CT molecular complexity index is 630. The van der Waals surface area contributed by atoms with E-state index in [0.717, 1.165) is 22.6 Å². The molecule has 2 aromatic heterocycles. The third kappa shape index (κ3) is 2.11. The van der Waals surface area contributed by atoms with Gasteiger partial charge in [0.1, 0.15) is 16.6 Å². The molecule has 0 aliphatic rings. The van der Waals surface area contributed by atoms with Crippen molar-refractivity contribution in [3.05, 3.63) is 34.5 Å². The van der Waals surface area contributed by atoms with Crippen LogP contribution >= 0.6 is 12.2 Å². The Morgan fingerprint density at radius 2 is 1.89 bits per heavy atom. The Labute approximate surface area is 111 Å². The van der Waals surface area contributed by atoms with E-state index < -0.39 is 0 Å². The minimum atomic E-state index is 0.322. The van der Waals surface area contributed by atoms with Crippen LogP contribution in [-0.2, 0) is 0 Å². The number of nitrogens with zero attached hydrogens (tertiary/aromatic N) is 4. The topological polar surface area (TPSA) is 69.6 Å². The summed E-state index contributed by atoms with van der Waals surface area (Å²) in [5.74, 6) is 2.11. The molecule has 0 fully saturated rings. The normalized spacial score (nSPS) is 10.7. The van der Waals surface area contributed by atoms with Crippen molar-refractivity contribution in [2.45, 2.75) is 27.7 Å². The number of aromatic nitrogens is 4. The van der Waals surface area contributed by atoms with Crippen molar-refractivity contribution >= 4 is 17.2 Å². The maximum Gasteiger partial charge on any atom is 0.166 e. The first-order valence-electron chi connectivity index (χ1n) is 5.59. The lowest BCUT2D eigenvalue weighted by atomic mass is 10.1. The Hall–Kier alpha value is -1.82. The van der Waals surface area contributed by atoms with Gasteiger partial charge < -0.3 is 5.73 Å². The molecule has 94 valence electrons. The summed E-state index contributed by atoms with van der Waals surface area (Å²) < 4.78 is 1.68. The van der Waals surface area contributed by atoms with Crippen LogP contribution in [0.2, 0.25) is 0 Å². The summed E-state index contributed by atoms with van der Waals surface area (Å²) in [6.07, 6.45) is 0.